The lowest BCUT2D eigenvalue weighted by Gasteiger charge is -2.14. The summed E-state index contributed by atoms with van der Waals surface area (Å²) < 4.78 is 35.2. The van der Waals surface area contributed by atoms with Gasteiger partial charge in [0.1, 0.15) is 17.1 Å². The lowest BCUT2D eigenvalue weighted by molar-refractivity contribution is -0.0494. The predicted molar refractivity (Wildman–Crippen MR) is 100 cm³/mol. The second-order valence-corrected chi connectivity index (χ2v) is 5.68. The number of hydrogen-bond acceptors (Lipinski definition) is 4. The largest absolute Gasteiger partial charge is 0.497 e. The molecule has 3 aromatic rings. The third-order valence-electron chi connectivity index (χ3n) is 3.92. The van der Waals surface area contributed by atoms with Crippen molar-refractivity contribution in [2.45, 2.75) is 6.61 Å². The van der Waals surface area contributed by atoms with Crippen molar-refractivity contribution in [3.05, 3.63) is 76.7 Å². The zero-order chi connectivity index (χ0) is 20.1. The standard InChI is InChI=1S/C20H16F2N2O4/c1-27-14-7-4-12(5-8-14)16-11-13(6-9-17(16)28-20(21)22)24-19(26)15-3-2-10-23-18(15)25/h2-11,20H,1H3,(H,23,25)(H,24,26). The van der Waals surface area contributed by atoms with Gasteiger partial charge in [0.15, 0.2) is 0 Å². The molecule has 0 unspecified atom stereocenters. The molecule has 28 heavy (non-hydrogen) atoms. The zero-order valence-electron chi connectivity index (χ0n) is 14.7. The van der Waals surface area contributed by atoms with Gasteiger partial charge in [0.05, 0.1) is 7.11 Å². The van der Waals surface area contributed by atoms with Crippen LogP contribution >= 0.6 is 0 Å². The summed E-state index contributed by atoms with van der Waals surface area (Å²) in [6, 6.07) is 13.9. The highest BCUT2D eigenvalue weighted by atomic mass is 19.3. The molecule has 0 saturated carbocycles. The van der Waals surface area contributed by atoms with E-state index in [1.165, 1.54) is 43.6 Å². The number of amides is 1. The Labute approximate surface area is 158 Å². The number of benzene rings is 2. The number of pyridine rings is 1. The van der Waals surface area contributed by atoms with E-state index in [-0.39, 0.29) is 11.3 Å². The molecule has 0 aliphatic heterocycles. The lowest BCUT2D eigenvalue weighted by atomic mass is 10.0. The van der Waals surface area contributed by atoms with E-state index >= 15 is 0 Å². The number of nitrogens with one attached hydrogen (secondary N) is 2. The van der Waals surface area contributed by atoms with Gasteiger partial charge in [0.2, 0.25) is 0 Å². The SMILES string of the molecule is COc1ccc(-c2cc(NC(=O)c3ccc[nH]c3=O)ccc2OC(F)F)cc1. The zero-order valence-corrected chi connectivity index (χ0v) is 14.7. The number of hydrogen-bond donors (Lipinski definition) is 2. The van der Waals surface area contributed by atoms with Crippen molar-refractivity contribution in [1.29, 1.82) is 0 Å². The number of anilines is 1. The summed E-state index contributed by atoms with van der Waals surface area (Å²) in [5.41, 5.74) is 0.656. The Morgan fingerprint density at radius 3 is 2.50 bits per heavy atom. The van der Waals surface area contributed by atoms with Gasteiger partial charge in [-0.1, -0.05) is 12.1 Å². The number of H-pyrrole nitrogens is 1. The number of ether oxygens (including phenoxy) is 2. The second-order valence-electron chi connectivity index (χ2n) is 5.68. The maximum Gasteiger partial charge on any atom is 0.387 e. The normalized spacial score (nSPS) is 10.6. The van der Waals surface area contributed by atoms with Crippen LogP contribution in [-0.2, 0) is 0 Å². The third-order valence-corrected chi connectivity index (χ3v) is 3.92. The Morgan fingerprint density at radius 1 is 1.11 bits per heavy atom. The molecule has 0 aliphatic carbocycles. The number of aromatic amines is 1. The van der Waals surface area contributed by atoms with Crippen molar-refractivity contribution >= 4 is 11.6 Å². The summed E-state index contributed by atoms with van der Waals surface area (Å²) in [4.78, 5) is 26.5. The average molecular weight is 386 g/mol. The number of methoxy groups -OCH3 is 1. The Bertz CT molecular complexity index is 1030. The maximum absolute atomic E-state index is 12.8. The molecule has 1 heterocycles. The molecule has 2 N–H and O–H groups in total. The Hall–Kier alpha value is -3.68. The van der Waals surface area contributed by atoms with E-state index in [4.69, 9.17) is 4.74 Å². The molecule has 2 aromatic carbocycles. The molecular formula is C20H16F2N2O4. The van der Waals surface area contributed by atoms with Gasteiger partial charge in [-0.05, 0) is 48.0 Å². The second kappa shape index (κ2) is 8.34. The Balaban J connectivity index is 1.96. The van der Waals surface area contributed by atoms with Gasteiger partial charge < -0.3 is 19.8 Å². The quantitative estimate of drug-likeness (QED) is 0.673. The van der Waals surface area contributed by atoms with Crippen LogP contribution in [-0.4, -0.2) is 24.6 Å². The van der Waals surface area contributed by atoms with Gasteiger partial charge in [0, 0.05) is 17.4 Å². The Kier molecular flexibility index (Phi) is 5.69. The first-order valence-electron chi connectivity index (χ1n) is 8.20. The summed E-state index contributed by atoms with van der Waals surface area (Å²) in [7, 11) is 1.52. The molecule has 3 rings (SSSR count). The van der Waals surface area contributed by atoms with Gasteiger partial charge in [-0.2, -0.15) is 8.78 Å². The molecule has 8 heteroatoms. The minimum Gasteiger partial charge on any atom is -0.497 e. The maximum atomic E-state index is 12.8. The van der Waals surface area contributed by atoms with E-state index in [0.29, 0.717) is 22.6 Å². The first-order valence-corrected chi connectivity index (χ1v) is 8.20. The van der Waals surface area contributed by atoms with Crippen molar-refractivity contribution < 1.29 is 23.0 Å². The summed E-state index contributed by atoms with van der Waals surface area (Å²) in [6.07, 6.45) is 1.41. The summed E-state index contributed by atoms with van der Waals surface area (Å²) in [5, 5.41) is 2.59. The van der Waals surface area contributed by atoms with Crippen LogP contribution in [0.4, 0.5) is 14.5 Å². The molecule has 1 amide bonds. The highest BCUT2D eigenvalue weighted by Crippen LogP contribution is 2.34. The van der Waals surface area contributed by atoms with E-state index in [1.54, 1.807) is 24.3 Å². The van der Waals surface area contributed by atoms with Crippen molar-refractivity contribution in [3.8, 4) is 22.6 Å². The molecule has 0 bridgehead atoms. The van der Waals surface area contributed by atoms with Crippen LogP contribution in [0.5, 0.6) is 11.5 Å². The van der Waals surface area contributed by atoms with Gasteiger partial charge in [-0.25, -0.2) is 0 Å². The summed E-state index contributed by atoms with van der Waals surface area (Å²) in [5.74, 6) is -0.0615. The van der Waals surface area contributed by atoms with Crippen LogP contribution in [0.2, 0.25) is 0 Å². The van der Waals surface area contributed by atoms with Crippen LogP contribution in [0.15, 0.2) is 65.6 Å². The molecule has 6 nitrogen and oxygen atoms in total. The molecule has 0 radical (unpaired) electrons. The number of halogens is 2. The van der Waals surface area contributed by atoms with Gasteiger partial charge >= 0.3 is 6.61 Å². The van der Waals surface area contributed by atoms with E-state index < -0.39 is 18.1 Å². The fourth-order valence-electron chi connectivity index (χ4n) is 2.60. The van der Waals surface area contributed by atoms with Gasteiger partial charge in [-0.15, -0.1) is 0 Å². The molecule has 1 aromatic heterocycles. The number of aromatic nitrogens is 1. The first kappa shape index (κ1) is 19.1. The molecule has 0 atom stereocenters. The number of alkyl halides is 2. The molecule has 0 saturated heterocycles. The van der Waals surface area contributed by atoms with Crippen LogP contribution < -0.4 is 20.3 Å². The van der Waals surface area contributed by atoms with E-state index in [1.807, 2.05) is 0 Å². The van der Waals surface area contributed by atoms with Crippen LogP contribution in [0.3, 0.4) is 0 Å². The Morgan fingerprint density at radius 2 is 1.86 bits per heavy atom. The number of carbonyl (C=O) groups is 1. The lowest BCUT2D eigenvalue weighted by Crippen LogP contribution is -2.22. The van der Waals surface area contributed by atoms with Crippen LogP contribution in [0.25, 0.3) is 11.1 Å². The minimum absolute atomic E-state index is 0.0456. The molecule has 144 valence electrons. The van der Waals surface area contributed by atoms with Crippen LogP contribution in [0.1, 0.15) is 10.4 Å². The van der Waals surface area contributed by atoms with Crippen LogP contribution in [0, 0.1) is 0 Å². The van der Waals surface area contributed by atoms with E-state index in [0.717, 1.165) is 0 Å². The summed E-state index contributed by atoms with van der Waals surface area (Å²) in [6.45, 7) is -3.00. The van der Waals surface area contributed by atoms with E-state index in [2.05, 4.69) is 15.0 Å². The van der Waals surface area contributed by atoms with Crippen molar-refractivity contribution in [2.75, 3.05) is 12.4 Å². The average Bonchev–Trinajstić information content (AvgIpc) is 2.69. The molecule has 0 fully saturated rings. The highest BCUT2D eigenvalue weighted by molar-refractivity contribution is 6.04. The van der Waals surface area contributed by atoms with Gasteiger partial charge in [0.25, 0.3) is 11.5 Å². The van der Waals surface area contributed by atoms with Crippen molar-refractivity contribution in [2.24, 2.45) is 0 Å². The monoisotopic (exact) mass is 386 g/mol. The van der Waals surface area contributed by atoms with Crippen molar-refractivity contribution in [1.82, 2.24) is 4.98 Å². The summed E-state index contributed by atoms with van der Waals surface area (Å²) >= 11 is 0. The first-order chi connectivity index (χ1) is 13.5. The minimum atomic E-state index is -3.00. The third kappa shape index (κ3) is 4.35. The smallest absolute Gasteiger partial charge is 0.387 e. The van der Waals surface area contributed by atoms with Gasteiger partial charge in [-0.3, -0.25) is 9.59 Å². The molecular weight excluding hydrogens is 370 g/mol. The highest BCUT2D eigenvalue weighted by Gasteiger charge is 2.15. The number of rotatable bonds is 6. The predicted octanol–water partition coefficient (Wildman–Crippen LogP) is 3.90. The van der Waals surface area contributed by atoms with Crippen molar-refractivity contribution in [3.63, 3.8) is 0 Å². The molecule has 0 aliphatic rings. The number of carbonyl (C=O) groups excluding carboxylic acids is 1. The fourth-order valence-corrected chi connectivity index (χ4v) is 2.60. The van der Waals surface area contributed by atoms with E-state index in [9.17, 15) is 18.4 Å². The fraction of sp³-hybridized carbons (Fsp3) is 0.100. The topological polar surface area (TPSA) is 80.4 Å². The molecule has 0 spiro atoms.